The first kappa shape index (κ1) is 17.3. The summed E-state index contributed by atoms with van der Waals surface area (Å²) >= 11 is 0. The molecule has 2 aromatic rings. The summed E-state index contributed by atoms with van der Waals surface area (Å²) in [4.78, 5) is 18.9. The zero-order valence-corrected chi connectivity index (χ0v) is 15.0. The van der Waals surface area contributed by atoms with E-state index in [1.54, 1.807) is 25.7 Å². The SMILES string of the molecule is COc1cnccc1[C@@H](C)NC(=O)N1CCCC[C@H]1c1ccnn1C. The van der Waals surface area contributed by atoms with Crippen LogP contribution in [0.15, 0.2) is 30.7 Å². The fraction of sp³-hybridized carbons (Fsp3) is 0.500. The number of aryl methyl sites for hydroxylation is 1. The first-order valence-corrected chi connectivity index (χ1v) is 8.64. The minimum Gasteiger partial charge on any atom is -0.495 e. The van der Waals surface area contributed by atoms with E-state index in [2.05, 4.69) is 15.4 Å². The van der Waals surface area contributed by atoms with Gasteiger partial charge in [0.25, 0.3) is 0 Å². The van der Waals surface area contributed by atoms with Gasteiger partial charge in [-0.1, -0.05) is 0 Å². The van der Waals surface area contributed by atoms with E-state index in [0.717, 1.165) is 37.1 Å². The van der Waals surface area contributed by atoms with Crippen molar-refractivity contribution in [1.82, 2.24) is 25.0 Å². The molecule has 0 saturated carbocycles. The zero-order chi connectivity index (χ0) is 17.8. The standard InChI is InChI=1S/C18H25N5O2/c1-13(14-7-9-19-12-17(14)25-3)21-18(24)23-11-5-4-6-16(23)15-8-10-20-22(15)2/h7-10,12-13,16H,4-6,11H2,1-3H3,(H,21,24)/t13-,16+/m1/s1. The van der Waals surface area contributed by atoms with Gasteiger partial charge in [-0.05, 0) is 38.3 Å². The van der Waals surface area contributed by atoms with E-state index in [1.807, 2.05) is 35.7 Å². The average molecular weight is 343 g/mol. The number of aromatic nitrogens is 3. The predicted molar refractivity (Wildman–Crippen MR) is 94.2 cm³/mol. The lowest BCUT2D eigenvalue weighted by molar-refractivity contribution is 0.145. The number of nitrogens with one attached hydrogen (secondary N) is 1. The van der Waals surface area contributed by atoms with Crippen LogP contribution >= 0.6 is 0 Å². The topological polar surface area (TPSA) is 72.3 Å². The molecular weight excluding hydrogens is 318 g/mol. The highest BCUT2D eigenvalue weighted by molar-refractivity contribution is 5.75. The van der Waals surface area contributed by atoms with E-state index in [-0.39, 0.29) is 18.1 Å². The van der Waals surface area contributed by atoms with Gasteiger partial charge < -0.3 is 15.0 Å². The quantitative estimate of drug-likeness (QED) is 0.926. The van der Waals surface area contributed by atoms with Crippen molar-refractivity contribution in [2.45, 2.75) is 38.3 Å². The fourth-order valence-electron chi connectivity index (χ4n) is 3.46. The smallest absolute Gasteiger partial charge is 0.318 e. The van der Waals surface area contributed by atoms with Crippen LogP contribution in [0.25, 0.3) is 0 Å². The molecule has 0 unspecified atom stereocenters. The Morgan fingerprint density at radius 1 is 1.36 bits per heavy atom. The molecule has 2 atom stereocenters. The van der Waals surface area contributed by atoms with Crippen molar-refractivity contribution in [1.29, 1.82) is 0 Å². The van der Waals surface area contributed by atoms with Gasteiger partial charge in [-0.2, -0.15) is 5.10 Å². The summed E-state index contributed by atoms with van der Waals surface area (Å²) in [5.74, 6) is 0.678. The molecule has 0 spiro atoms. The Morgan fingerprint density at radius 2 is 2.20 bits per heavy atom. The molecule has 25 heavy (non-hydrogen) atoms. The van der Waals surface area contributed by atoms with Crippen molar-refractivity contribution in [2.75, 3.05) is 13.7 Å². The van der Waals surface area contributed by atoms with Crippen LogP contribution in [-0.2, 0) is 7.05 Å². The minimum atomic E-state index is -0.167. The maximum atomic E-state index is 12.9. The number of nitrogens with zero attached hydrogens (tertiary/aromatic N) is 4. The molecule has 3 rings (SSSR count). The second kappa shape index (κ2) is 7.55. The van der Waals surface area contributed by atoms with Crippen molar-refractivity contribution in [2.24, 2.45) is 7.05 Å². The Labute approximate surface area is 148 Å². The van der Waals surface area contributed by atoms with Gasteiger partial charge in [0.15, 0.2) is 0 Å². The van der Waals surface area contributed by atoms with E-state index in [1.165, 1.54) is 0 Å². The number of hydrogen-bond acceptors (Lipinski definition) is 4. The third-order valence-electron chi connectivity index (χ3n) is 4.81. The molecule has 134 valence electrons. The zero-order valence-electron chi connectivity index (χ0n) is 15.0. The lowest BCUT2D eigenvalue weighted by Crippen LogP contribution is -2.45. The summed E-state index contributed by atoms with van der Waals surface area (Å²) in [6.07, 6.45) is 8.25. The molecule has 1 aliphatic rings. The van der Waals surface area contributed by atoms with Crippen molar-refractivity contribution in [3.63, 3.8) is 0 Å². The molecule has 0 bridgehead atoms. The number of amides is 2. The maximum Gasteiger partial charge on any atom is 0.318 e. The number of pyridine rings is 1. The minimum absolute atomic E-state index is 0.0581. The Kier molecular flexibility index (Phi) is 5.21. The first-order valence-electron chi connectivity index (χ1n) is 8.64. The Balaban J connectivity index is 1.75. The van der Waals surface area contributed by atoms with Gasteiger partial charge in [-0.3, -0.25) is 9.67 Å². The monoisotopic (exact) mass is 343 g/mol. The van der Waals surface area contributed by atoms with Gasteiger partial charge in [0.2, 0.25) is 0 Å². The summed E-state index contributed by atoms with van der Waals surface area (Å²) in [5.41, 5.74) is 1.99. The number of ether oxygens (including phenoxy) is 1. The van der Waals surface area contributed by atoms with Crippen LogP contribution in [0.1, 0.15) is 49.5 Å². The first-order chi connectivity index (χ1) is 12.1. The van der Waals surface area contributed by atoms with E-state index in [9.17, 15) is 4.79 Å². The van der Waals surface area contributed by atoms with E-state index < -0.39 is 0 Å². The molecule has 0 aliphatic carbocycles. The third kappa shape index (κ3) is 3.60. The number of rotatable bonds is 4. The van der Waals surface area contributed by atoms with Gasteiger partial charge in [-0.25, -0.2) is 4.79 Å². The summed E-state index contributed by atoms with van der Waals surface area (Å²) in [7, 11) is 3.53. The molecule has 7 nitrogen and oxygen atoms in total. The van der Waals surface area contributed by atoms with Crippen molar-refractivity contribution in [3.8, 4) is 5.75 Å². The molecule has 0 aromatic carbocycles. The second-order valence-electron chi connectivity index (χ2n) is 6.37. The molecule has 2 aromatic heterocycles. The van der Waals surface area contributed by atoms with Crippen LogP contribution in [0.3, 0.4) is 0 Å². The molecule has 1 aliphatic heterocycles. The molecule has 1 saturated heterocycles. The molecular formula is C18H25N5O2. The lowest BCUT2D eigenvalue weighted by atomic mass is 9.99. The summed E-state index contributed by atoms with van der Waals surface area (Å²) in [6, 6.07) is 3.70. The highest BCUT2D eigenvalue weighted by atomic mass is 16.5. The highest BCUT2D eigenvalue weighted by Crippen LogP contribution is 2.31. The van der Waals surface area contributed by atoms with Gasteiger partial charge >= 0.3 is 6.03 Å². The number of urea groups is 1. The second-order valence-corrected chi connectivity index (χ2v) is 6.37. The third-order valence-corrected chi connectivity index (χ3v) is 4.81. The van der Waals surface area contributed by atoms with E-state index in [0.29, 0.717) is 5.75 Å². The van der Waals surface area contributed by atoms with E-state index in [4.69, 9.17) is 4.74 Å². The average Bonchev–Trinajstić information content (AvgIpc) is 3.07. The number of carbonyl (C=O) groups excluding carboxylic acids is 1. The molecule has 0 radical (unpaired) electrons. The van der Waals surface area contributed by atoms with E-state index >= 15 is 0 Å². The molecule has 1 N–H and O–H groups in total. The number of methoxy groups -OCH3 is 1. The lowest BCUT2D eigenvalue weighted by Gasteiger charge is -2.36. The van der Waals surface area contributed by atoms with Crippen LogP contribution in [0.2, 0.25) is 0 Å². The van der Waals surface area contributed by atoms with Gasteiger partial charge in [0, 0.05) is 31.5 Å². The van der Waals surface area contributed by atoms with Gasteiger partial charge in [0.05, 0.1) is 31.1 Å². The molecule has 7 heteroatoms. The number of likely N-dealkylation sites (tertiary alicyclic amines) is 1. The fourth-order valence-corrected chi connectivity index (χ4v) is 3.46. The Bertz CT molecular complexity index is 730. The van der Waals surface area contributed by atoms with Crippen LogP contribution in [-0.4, -0.2) is 39.4 Å². The van der Waals surface area contributed by atoms with Crippen LogP contribution in [0.5, 0.6) is 5.75 Å². The predicted octanol–water partition coefficient (Wildman–Crippen LogP) is 2.82. The maximum absolute atomic E-state index is 12.9. The molecule has 2 amide bonds. The number of piperidine rings is 1. The van der Waals surface area contributed by atoms with Gasteiger partial charge in [-0.15, -0.1) is 0 Å². The summed E-state index contributed by atoms with van der Waals surface area (Å²) in [5, 5.41) is 7.35. The Morgan fingerprint density at radius 3 is 2.92 bits per heavy atom. The van der Waals surface area contributed by atoms with Crippen molar-refractivity contribution >= 4 is 6.03 Å². The largest absolute Gasteiger partial charge is 0.495 e. The van der Waals surface area contributed by atoms with Crippen LogP contribution in [0.4, 0.5) is 4.79 Å². The summed E-state index contributed by atoms with van der Waals surface area (Å²) < 4.78 is 7.20. The molecule has 3 heterocycles. The Hall–Kier alpha value is -2.57. The summed E-state index contributed by atoms with van der Waals surface area (Å²) in [6.45, 7) is 2.71. The van der Waals surface area contributed by atoms with Crippen molar-refractivity contribution in [3.05, 3.63) is 42.0 Å². The van der Waals surface area contributed by atoms with Crippen LogP contribution in [0, 0.1) is 0 Å². The molecule has 1 fully saturated rings. The van der Waals surface area contributed by atoms with Crippen LogP contribution < -0.4 is 10.1 Å². The normalized spacial score (nSPS) is 18.7. The van der Waals surface area contributed by atoms with Gasteiger partial charge in [0.1, 0.15) is 5.75 Å². The highest BCUT2D eigenvalue weighted by Gasteiger charge is 2.30. The van der Waals surface area contributed by atoms with Crippen molar-refractivity contribution < 1.29 is 9.53 Å². The number of hydrogen-bond donors (Lipinski definition) is 1. The number of carbonyl (C=O) groups is 1.